The summed E-state index contributed by atoms with van der Waals surface area (Å²) in [5.74, 6) is -3.12. The van der Waals surface area contributed by atoms with Gasteiger partial charge in [-0.05, 0) is 145 Å². The highest BCUT2D eigenvalue weighted by molar-refractivity contribution is 14.1. The van der Waals surface area contributed by atoms with Crippen molar-refractivity contribution in [1.29, 1.82) is 0 Å². The number of carbonyl (C=O) groups is 6. The van der Waals surface area contributed by atoms with Gasteiger partial charge < -0.3 is 19.7 Å². The van der Waals surface area contributed by atoms with Gasteiger partial charge in [-0.15, -0.1) is 0 Å². The third kappa shape index (κ3) is 10.9. The van der Waals surface area contributed by atoms with E-state index in [0.717, 1.165) is 36.3 Å². The van der Waals surface area contributed by atoms with Crippen molar-refractivity contribution in [1.82, 2.24) is 10.2 Å². The number of ketones is 2. The zero-order valence-electron chi connectivity index (χ0n) is 32.0. The van der Waals surface area contributed by atoms with E-state index >= 15 is 0 Å². The zero-order valence-corrected chi connectivity index (χ0v) is 36.3. The van der Waals surface area contributed by atoms with Crippen LogP contribution in [0.25, 0.3) is 0 Å². The van der Waals surface area contributed by atoms with Gasteiger partial charge in [0.25, 0.3) is 17.5 Å². The Morgan fingerprint density at radius 3 is 1.77 bits per heavy atom. The van der Waals surface area contributed by atoms with Gasteiger partial charge in [0.1, 0.15) is 11.2 Å². The molecule has 0 atom stereocenters. The first-order valence-corrected chi connectivity index (χ1v) is 20.1. The molecule has 4 aromatic rings. The summed E-state index contributed by atoms with van der Waals surface area (Å²) in [6.45, 7) is 13.4. The molecule has 0 bridgehead atoms. The van der Waals surface area contributed by atoms with E-state index in [0.29, 0.717) is 18.7 Å². The highest BCUT2D eigenvalue weighted by Gasteiger charge is 2.42. The van der Waals surface area contributed by atoms with Gasteiger partial charge >= 0.3 is 18.0 Å². The van der Waals surface area contributed by atoms with Crippen LogP contribution in [-0.4, -0.2) is 51.5 Å². The number of hydrogen-bond acceptors (Lipinski definition) is 9. The molecule has 13 heteroatoms. The number of anilines is 1. The lowest BCUT2D eigenvalue weighted by atomic mass is 10.00. The number of esters is 1. The summed E-state index contributed by atoms with van der Waals surface area (Å²) in [5.41, 5.74) is 4.97. The average molecular weight is 984 g/mol. The molecule has 0 aliphatic carbocycles. The van der Waals surface area contributed by atoms with Crippen molar-refractivity contribution in [2.24, 2.45) is 0 Å². The van der Waals surface area contributed by atoms with Crippen molar-refractivity contribution in [3.63, 3.8) is 0 Å². The average Bonchev–Trinajstić information content (AvgIpc) is 3.84. The van der Waals surface area contributed by atoms with E-state index < -0.39 is 46.6 Å². The number of imide groups is 1. The molecule has 11 nitrogen and oxygen atoms in total. The zero-order chi connectivity index (χ0) is 40.9. The van der Waals surface area contributed by atoms with E-state index in [1.165, 1.54) is 11.1 Å². The second-order valence-corrected chi connectivity index (χ2v) is 17.8. The van der Waals surface area contributed by atoms with Crippen LogP contribution in [0.5, 0.6) is 0 Å². The molecule has 3 aliphatic heterocycles. The molecule has 4 aromatic carbocycles. The van der Waals surface area contributed by atoms with Gasteiger partial charge in [0.05, 0.1) is 17.7 Å². The highest BCUT2D eigenvalue weighted by atomic mass is 127. The number of Topliss-reactive ketones (excluding diaryl/α,β-unsaturated/α-hetero) is 2. The maximum atomic E-state index is 13.0. The molecule has 3 aliphatic rings. The van der Waals surface area contributed by atoms with Crippen LogP contribution in [0.1, 0.15) is 90.1 Å². The van der Waals surface area contributed by atoms with Crippen molar-refractivity contribution in [3.05, 3.63) is 131 Å². The Labute approximate surface area is 353 Å². The number of nitrogens with zero attached hydrogens (tertiary/aromatic N) is 2. The molecule has 0 saturated heterocycles. The number of carbonyl (C=O) groups excluding carboxylic acids is 6. The Kier molecular flexibility index (Phi) is 13.5. The number of ether oxygens (including phenoxy) is 2. The van der Waals surface area contributed by atoms with Crippen molar-refractivity contribution < 1.29 is 38.2 Å². The molecule has 0 saturated carbocycles. The van der Waals surface area contributed by atoms with Crippen molar-refractivity contribution in [2.75, 3.05) is 4.90 Å². The lowest BCUT2D eigenvalue weighted by molar-refractivity contribution is -0.154. The van der Waals surface area contributed by atoms with Gasteiger partial charge in [0.15, 0.2) is 0 Å². The number of fused-ring (bicyclic) bond motifs is 3. The lowest BCUT2D eigenvalue weighted by Gasteiger charge is -2.23. The van der Waals surface area contributed by atoms with Crippen LogP contribution in [0.3, 0.4) is 0 Å². The fourth-order valence-electron chi connectivity index (χ4n) is 6.12. The second-order valence-electron chi connectivity index (χ2n) is 15.3. The first kappa shape index (κ1) is 42.7. The molecule has 3 heterocycles. The van der Waals surface area contributed by atoms with E-state index in [2.05, 4.69) is 52.2 Å². The van der Waals surface area contributed by atoms with Gasteiger partial charge in [-0.3, -0.25) is 24.0 Å². The maximum Gasteiger partial charge on any atom is 0.422 e. The summed E-state index contributed by atoms with van der Waals surface area (Å²) in [4.78, 5) is 76.1. The quantitative estimate of drug-likeness (QED) is 0.0935. The topological polar surface area (TPSA) is 139 Å². The Morgan fingerprint density at radius 1 is 0.696 bits per heavy atom. The first-order valence-electron chi connectivity index (χ1n) is 17.9. The molecule has 7 rings (SSSR count). The molecule has 1 N–H and O–H groups in total. The molecule has 0 spiro atoms. The normalized spacial score (nSPS) is 14.1. The molecule has 0 unspecified atom stereocenters. The predicted octanol–water partition coefficient (Wildman–Crippen LogP) is 7.95. The Balaban J connectivity index is 0.000000182. The molecule has 56 heavy (non-hydrogen) atoms. The summed E-state index contributed by atoms with van der Waals surface area (Å²) in [7, 11) is 0. The standard InChI is InChI=1S/C22H22INO4.C13H12INO4.C8H9N/c1-22(2,3)28-19(25)10-14-8-9-17(23)11-18(14)20(26)21(27)24-12-15-6-4-5-7-16(15)13-24;1-13(2,3)19-12(18)15-9-5-4-7(14)6-8(9)10(16)11(15)17;1-2-4-8-6-9-5-7(8)3-1/h4-9,11H,10,12-13H2,1-3H3;4-6H,1-3H3;1-4,9H,5-6H2. The Morgan fingerprint density at radius 2 is 1.21 bits per heavy atom. The molecule has 0 radical (unpaired) electrons. The third-order valence-corrected chi connectivity index (χ3v) is 9.90. The van der Waals surface area contributed by atoms with E-state index in [1.807, 2.05) is 52.9 Å². The van der Waals surface area contributed by atoms with Crippen LogP contribution >= 0.6 is 45.2 Å². The molecular weight excluding hydrogens is 940 g/mol. The summed E-state index contributed by atoms with van der Waals surface area (Å²) >= 11 is 4.13. The summed E-state index contributed by atoms with van der Waals surface area (Å²) in [5, 5.41) is 3.29. The Hall–Kier alpha value is -4.48. The van der Waals surface area contributed by atoms with Gasteiger partial charge in [-0.25, -0.2) is 9.69 Å². The van der Waals surface area contributed by atoms with Crippen LogP contribution in [0.15, 0.2) is 84.9 Å². The highest BCUT2D eigenvalue weighted by Crippen LogP contribution is 2.32. The van der Waals surface area contributed by atoms with Crippen LogP contribution in [0, 0.1) is 7.14 Å². The van der Waals surface area contributed by atoms with E-state index in [9.17, 15) is 28.8 Å². The fourth-order valence-corrected chi connectivity index (χ4v) is 7.10. The smallest absolute Gasteiger partial charge is 0.422 e. The van der Waals surface area contributed by atoms with Crippen LogP contribution in [0.4, 0.5) is 10.5 Å². The number of amides is 3. The van der Waals surface area contributed by atoms with Crippen LogP contribution in [0.2, 0.25) is 0 Å². The number of hydrogen-bond donors (Lipinski definition) is 1. The monoisotopic (exact) mass is 983 g/mol. The number of nitrogens with one attached hydrogen (secondary N) is 1. The molecular formula is C43H43I2N3O8. The van der Waals surface area contributed by atoms with Gasteiger partial charge in [-0.2, -0.15) is 0 Å². The molecule has 0 fully saturated rings. The molecule has 292 valence electrons. The minimum atomic E-state index is -0.869. The first-order chi connectivity index (χ1) is 26.3. The lowest BCUT2D eigenvalue weighted by Crippen LogP contribution is -2.40. The van der Waals surface area contributed by atoms with Gasteiger partial charge in [0.2, 0.25) is 0 Å². The number of rotatable bonds is 4. The maximum absolute atomic E-state index is 13.0. The number of halogens is 2. The van der Waals surface area contributed by atoms with Crippen molar-refractivity contribution in [2.45, 2.75) is 85.3 Å². The van der Waals surface area contributed by atoms with Crippen molar-refractivity contribution in [3.8, 4) is 0 Å². The van der Waals surface area contributed by atoms with Gasteiger partial charge in [0, 0.05) is 38.9 Å². The minimum absolute atomic E-state index is 0.0528. The third-order valence-electron chi connectivity index (χ3n) is 8.56. The van der Waals surface area contributed by atoms with E-state index in [-0.39, 0.29) is 23.2 Å². The molecule has 0 aromatic heterocycles. The summed E-state index contributed by atoms with van der Waals surface area (Å²) < 4.78 is 12.1. The van der Waals surface area contributed by atoms with Crippen molar-refractivity contribution >= 4 is 86.3 Å². The van der Waals surface area contributed by atoms with Gasteiger partial charge in [-0.1, -0.05) is 54.6 Å². The Bertz CT molecular complexity index is 2160. The minimum Gasteiger partial charge on any atom is -0.460 e. The summed E-state index contributed by atoms with van der Waals surface area (Å²) in [6.07, 6.45) is -0.881. The SMILES string of the molecule is CC(C)(C)OC(=O)Cc1ccc(I)cc1C(=O)C(=O)N1Cc2ccccc2C1.CC(C)(C)OC(=O)N1C(=O)C(=O)c2cc(I)ccc21.c1ccc2c(c1)CNC2. The number of benzene rings is 4. The van der Waals surface area contributed by atoms with E-state index in [1.54, 1.807) is 76.8 Å². The predicted molar refractivity (Wildman–Crippen MR) is 228 cm³/mol. The van der Waals surface area contributed by atoms with Crippen LogP contribution in [-0.2, 0) is 56.5 Å². The van der Waals surface area contributed by atoms with Crippen LogP contribution < -0.4 is 10.2 Å². The second kappa shape index (κ2) is 17.8. The van der Waals surface area contributed by atoms with E-state index in [4.69, 9.17) is 9.47 Å². The largest absolute Gasteiger partial charge is 0.460 e. The fraction of sp³-hybridized carbons (Fsp3) is 0.302. The molecule has 3 amide bonds. The summed E-state index contributed by atoms with van der Waals surface area (Å²) in [6, 6.07) is 26.4.